The van der Waals surface area contributed by atoms with Crippen LogP contribution >= 0.6 is 0 Å². The fraction of sp³-hybridized carbons (Fsp3) is 0.300. The van der Waals surface area contributed by atoms with Gasteiger partial charge in [-0.2, -0.15) is 0 Å². The molecule has 0 atom stereocenters. The highest BCUT2D eigenvalue weighted by Gasteiger charge is 2.32. The van der Waals surface area contributed by atoms with Crippen molar-refractivity contribution in [1.82, 2.24) is 0 Å². The lowest BCUT2D eigenvalue weighted by atomic mass is 10.2. The molecule has 1 saturated carbocycles. The summed E-state index contributed by atoms with van der Waals surface area (Å²) in [6, 6.07) is 11.7. The Morgan fingerprint density at radius 1 is 1.14 bits per heavy atom. The third-order valence-electron chi connectivity index (χ3n) is 5.09. The predicted octanol–water partition coefficient (Wildman–Crippen LogP) is 2.52. The highest BCUT2D eigenvalue weighted by molar-refractivity contribution is 7.92. The van der Waals surface area contributed by atoms with Gasteiger partial charge in [-0.25, -0.2) is 8.42 Å². The maximum Gasteiger partial charge on any atom is 0.261 e. The number of fused-ring (bicyclic) bond motifs is 1. The van der Waals surface area contributed by atoms with Gasteiger partial charge in [0.25, 0.3) is 10.0 Å². The molecule has 146 valence electrons. The van der Waals surface area contributed by atoms with Crippen LogP contribution in [0, 0.1) is 0 Å². The number of hydrogen-bond donors (Lipinski definition) is 1. The molecule has 2 aliphatic rings. The zero-order chi connectivity index (χ0) is 20.1. The van der Waals surface area contributed by atoms with E-state index in [1.807, 2.05) is 0 Å². The van der Waals surface area contributed by atoms with Crippen LogP contribution in [-0.4, -0.2) is 33.3 Å². The third-order valence-corrected chi connectivity index (χ3v) is 6.47. The van der Waals surface area contributed by atoms with Crippen molar-refractivity contribution < 1.29 is 18.0 Å². The molecule has 28 heavy (non-hydrogen) atoms. The molecule has 2 amide bonds. The highest BCUT2D eigenvalue weighted by Crippen LogP contribution is 2.33. The Morgan fingerprint density at radius 2 is 1.82 bits per heavy atom. The quantitative estimate of drug-likeness (QED) is 0.837. The van der Waals surface area contributed by atoms with E-state index in [1.54, 1.807) is 42.3 Å². The molecular weight excluding hydrogens is 378 g/mol. The maximum absolute atomic E-state index is 12.7. The summed E-state index contributed by atoms with van der Waals surface area (Å²) >= 11 is 0. The van der Waals surface area contributed by atoms with E-state index in [4.69, 9.17) is 0 Å². The van der Waals surface area contributed by atoms with Crippen LogP contribution < -0.4 is 14.5 Å². The van der Waals surface area contributed by atoms with Gasteiger partial charge in [0, 0.05) is 37.1 Å². The molecule has 0 radical (unpaired) electrons. The lowest BCUT2D eigenvalue weighted by Crippen LogP contribution is -2.30. The molecule has 0 bridgehead atoms. The summed E-state index contributed by atoms with van der Waals surface area (Å²) in [4.78, 5) is 27.0. The Hall–Kier alpha value is -2.87. The topological polar surface area (TPSA) is 86.8 Å². The molecular formula is C20H21N3O4S. The first kappa shape index (κ1) is 18.5. The summed E-state index contributed by atoms with van der Waals surface area (Å²) in [6.45, 7) is 1.53. The van der Waals surface area contributed by atoms with Crippen molar-refractivity contribution >= 4 is 38.9 Å². The normalized spacial score (nSPS) is 16.1. The highest BCUT2D eigenvalue weighted by atomic mass is 32.2. The van der Waals surface area contributed by atoms with Gasteiger partial charge in [-0.1, -0.05) is 0 Å². The largest absolute Gasteiger partial charge is 0.315 e. The molecule has 1 heterocycles. The smallest absolute Gasteiger partial charge is 0.261 e. The van der Waals surface area contributed by atoms with E-state index >= 15 is 0 Å². The number of carbonyl (C=O) groups excluding carboxylic acids is 2. The monoisotopic (exact) mass is 399 g/mol. The van der Waals surface area contributed by atoms with Crippen molar-refractivity contribution in [3.05, 3.63) is 48.0 Å². The number of hydrogen-bond acceptors (Lipinski definition) is 4. The molecule has 0 saturated heterocycles. The Morgan fingerprint density at radius 3 is 2.43 bits per heavy atom. The lowest BCUT2D eigenvalue weighted by Gasteiger charge is -2.21. The van der Waals surface area contributed by atoms with Crippen molar-refractivity contribution in [3.63, 3.8) is 0 Å². The molecule has 0 unspecified atom stereocenters. The molecule has 2 aromatic rings. The summed E-state index contributed by atoms with van der Waals surface area (Å²) < 4.78 is 28.0. The van der Waals surface area contributed by atoms with E-state index in [2.05, 4.69) is 4.72 Å². The van der Waals surface area contributed by atoms with E-state index in [9.17, 15) is 18.0 Å². The van der Waals surface area contributed by atoms with Crippen molar-refractivity contribution in [3.8, 4) is 0 Å². The van der Waals surface area contributed by atoms with E-state index in [1.165, 1.54) is 24.0 Å². The van der Waals surface area contributed by atoms with E-state index in [0.29, 0.717) is 11.3 Å². The Balaban J connectivity index is 1.55. The average molecular weight is 399 g/mol. The van der Waals surface area contributed by atoms with Crippen LogP contribution in [0.3, 0.4) is 0 Å². The summed E-state index contributed by atoms with van der Waals surface area (Å²) in [7, 11) is -2.11. The van der Waals surface area contributed by atoms with Crippen LogP contribution in [0.1, 0.15) is 25.3 Å². The fourth-order valence-electron chi connectivity index (χ4n) is 3.50. The van der Waals surface area contributed by atoms with Crippen LogP contribution in [0.4, 0.5) is 17.1 Å². The van der Waals surface area contributed by atoms with Crippen LogP contribution in [0.5, 0.6) is 0 Å². The summed E-state index contributed by atoms with van der Waals surface area (Å²) in [6.07, 6.45) is 2.18. The van der Waals surface area contributed by atoms with Crippen LogP contribution in [0.15, 0.2) is 47.4 Å². The van der Waals surface area contributed by atoms with Crippen LogP contribution in [0.2, 0.25) is 0 Å². The van der Waals surface area contributed by atoms with Crippen molar-refractivity contribution in [2.45, 2.75) is 37.1 Å². The first-order valence-electron chi connectivity index (χ1n) is 9.08. The zero-order valence-corrected chi connectivity index (χ0v) is 16.5. The summed E-state index contributed by atoms with van der Waals surface area (Å²) in [5, 5.41) is 0. The number of sulfonamides is 1. The molecule has 0 spiro atoms. The number of carbonyl (C=O) groups is 2. The summed E-state index contributed by atoms with van der Waals surface area (Å²) in [5.74, 6) is -0.0766. The second-order valence-corrected chi connectivity index (χ2v) is 8.88. The minimum atomic E-state index is -3.78. The minimum absolute atomic E-state index is 0.0199. The minimum Gasteiger partial charge on any atom is -0.315 e. The van der Waals surface area contributed by atoms with Gasteiger partial charge in [0.15, 0.2) is 0 Å². The molecule has 2 aromatic carbocycles. The fourth-order valence-corrected chi connectivity index (χ4v) is 4.61. The molecule has 8 heteroatoms. The van der Waals surface area contributed by atoms with Gasteiger partial charge in [0.2, 0.25) is 11.8 Å². The molecule has 1 fully saturated rings. The number of benzene rings is 2. The SMILES string of the molecule is CC(=O)N(c1ccc(NS(=O)(=O)c2ccc3c(c2)CC(=O)N3C)cc1)C1CC1. The van der Waals surface area contributed by atoms with E-state index < -0.39 is 10.0 Å². The van der Waals surface area contributed by atoms with Gasteiger partial charge in [-0.3, -0.25) is 14.3 Å². The van der Waals surface area contributed by atoms with Crippen LogP contribution in [-0.2, 0) is 26.0 Å². The van der Waals surface area contributed by atoms with Gasteiger partial charge in [-0.15, -0.1) is 0 Å². The van der Waals surface area contributed by atoms with Crippen molar-refractivity contribution in [1.29, 1.82) is 0 Å². The molecule has 1 aliphatic heterocycles. The van der Waals surface area contributed by atoms with E-state index in [-0.39, 0.29) is 29.2 Å². The van der Waals surface area contributed by atoms with Gasteiger partial charge in [-0.05, 0) is 60.9 Å². The van der Waals surface area contributed by atoms with E-state index in [0.717, 1.165) is 24.2 Å². The second kappa shape index (κ2) is 6.63. The van der Waals surface area contributed by atoms with Gasteiger partial charge in [0.05, 0.1) is 11.3 Å². The molecule has 0 aromatic heterocycles. The number of nitrogens with zero attached hydrogens (tertiary/aromatic N) is 2. The first-order chi connectivity index (χ1) is 13.3. The molecule has 7 nitrogen and oxygen atoms in total. The maximum atomic E-state index is 12.7. The Kier molecular flexibility index (Phi) is 4.38. The zero-order valence-electron chi connectivity index (χ0n) is 15.7. The number of amides is 2. The third kappa shape index (κ3) is 3.35. The predicted molar refractivity (Wildman–Crippen MR) is 107 cm³/mol. The molecule has 4 rings (SSSR count). The van der Waals surface area contributed by atoms with Crippen LogP contribution in [0.25, 0.3) is 0 Å². The molecule has 1 aliphatic carbocycles. The number of nitrogens with one attached hydrogen (secondary N) is 1. The van der Waals surface area contributed by atoms with Gasteiger partial charge < -0.3 is 9.80 Å². The Labute approximate surface area is 164 Å². The molecule has 1 N–H and O–H groups in total. The summed E-state index contributed by atoms with van der Waals surface area (Å²) in [5.41, 5.74) is 2.61. The first-order valence-corrected chi connectivity index (χ1v) is 10.6. The average Bonchev–Trinajstić information content (AvgIpc) is 3.42. The van der Waals surface area contributed by atoms with Crippen molar-refractivity contribution in [2.75, 3.05) is 21.6 Å². The lowest BCUT2D eigenvalue weighted by molar-refractivity contribution is -0.117. The number of rotatable bonds is 5. The second-order valence-electron chi connectivity index (χ2n) is 7.19. The van der Waals surface area contributed by atoms with Crippen molar-refractivity contribution in [2.24, 2.45) is 0 Å². The number of likely N-dealkylation sites (N-methyl/N-ethyl adjacent to an activating group) is 1. The Bertz CT molecular complexity index is 1060. The standard InChI is InChI=1S/C20H21N3O4S/c1-13(24)23(17-7-8-17)16-5-3-15(4-6-16)21-28(26,27)18-9-10-19-14(11-18)12-20(25)22(19)2/h3-6,9-11,17,21H,7-8,12H2,1-2H3. The number of anilines is 3. The van der Waals surface area contributed by atoms with Gasteiger partial charge >= 0.3 is 0 Å². The van der Waals surface area contributed by atoms with Gasteiger partial charge in [0.1, 0.15) is 0 Å².